The number of hydrogen-bond acceptors (Lipinski definition) is 4. The fourth-order valence-electron chi connectivity index (χ4n) is 2.44. The van der Waals surface area contributed by atoms with Crippen molar-refractivity contribution in [2.24, 2.45) is 0 Å². The van der Waals surface area contributed by atoms with Crippen LogP contribution in [0.15, 0.2) is 18.2 Å². The number of aryl methyl sites for hydroxylation is 1. The standard InChI is InChI=1S/C16H22BNO2S/c1-6-7-14-18-12-10-11(8-9-13(12)21-14)17-19-15(2,3)16(4,5)20-17/h8-10H,6-7H2,1-5H3. The van der Waals surface area contributed by atoms with Crippen molar-refractivity contribution in [3.63, 3.8) is 0 Å². The van der Waals surface area contributed by atoms with Crippen molar-refractivity contribution in [3.8, 4) is 0 Å². The maximum Gasteiger partial charge on any atom is 0.494 e. The molecule has 0 amide bonds. The predicted octanol–water partition coefficient (Wildman–Crippen LogP) is 3.55. The van der Waals surface area contributed by atoms with E-state index in [0.29, 0.717) is 0 Å². The SMILES string of the molecule is CCCc1nc2cc(B3OC(C)(C)C(C)(C)O3)ccc2s1. The summed E-state index contributed by atoms with van der Waals surface area (Å²) in [7, 11) is -0.310. The Kier molecular flexibility index (Phi) is 3.63. The molecular formula is C16H22BNO2S. The number of fused-ring (bicyclic) bond motifs is 1. The Labute approximate surface area is 130 Å². The van der Waals surface area contributed by atoms with Crippen LogP contribution < -0.4 is 5.46 Å². The molecule has 0 unspecified atom stereocenters. The summed E-state index contributed by atoms with van der Waals surface area (Å²) >= 11 is 1.78. The van der Waals surface area contributed by atoms with Crippen LogP contribution in [0.4, 0.5) is 0 Å². The summed E-state index contributed by atoms with van der Waals surface area (Å²) in [5.41, 5.74) is 1.49. The maximum atomic E-state index is 6.11. The molecule has 0 radical (unpaired) electrons. The molecule has 0 atom stereocenters. The van der Waals surface area contributed by atoms with Gasteiger partial charge in [-0.1, -0.05) is 13.0 Å². The van der Waals surface area contributed by atoms with Crippen LogP contribution in [0.3, 0.4) is 0 Å². The van der Waals surface area contributed by atoms with Crippen LogP contribution in [0.25, 0.3) is 10.2 Å². The first-order chi connectivity index (χ1) is 9.82. The highest BCUT2D eigenvalue weighted by molar-refractivity contribution is 7.18. The zero-order chi connectivity index (χ0) is 15.3. The summed E-state index contributed by atoms with van der Waals surface area (Å²) in [4.78, 5) is 4.71. The second-order valence-electron chi connectivity index (χ2n) is 6.67. The van der Waals surface area contributed by atoms with E-state index in [1.165, 1.54) is 9.71 Å². The Balaban J connectivity index is 1.91. The van der Waals surface area contributed by atoms with Gasteiger partial charge in [0.05, 0.1) is 26.4 Å². The highest BCUT2D eigenvalue weighted by Gasteiger charge is 2.51. The molecule has 0 aliphatic carbocycles. The molecule has 1 aromatic heterocycles. The monoisotopic (exact) mass is 303 g/mol. The molecule has 0 spiro atoms. The third-order valence-electron chi connectivity index (χ3n) is 4.45. The van der Waals surface area contributed by atoms with Crippen LogP contribution in [0.5, 0.6) is 0 Å². The van der Waals surface area contributed by atoms with Gasteiger partial charge in [-0.3, -0.25) is 0 Å². The molecule has 1 aliphatic heterocycles. The largest absolute Gasteiger partial charge is 0.494 e. The fraction of sp³-hybridized carbons (Fsp3) is 0.562. The molecule has 21 heavy (non-hydrogen) atoms. The van der Waals surface area contributed by atoms with Gasteiger partial charge in [-0.2, -0.15) is 0 Å². The molecule has 112 valence electrons. The lowest BCUT2D eigenvalue weighted by atomic mass is 9.79. The third kappa shape index (κ3) is 2.63. The number of aromatic nitrogens is 1. The van der Waals surface area contributed by atoms with E-state index >= 15 is 0 Å². The average Bonchev–Trinajstić information content (AvgIpc) is 2.87. The first-order valence-corrected chi connectivity index (χ1v) is 8.39. The topological polar surface area (TPSA) is 31.4 Å². The zero-order valence-electron chi connectivity index (χ0n) is 13.4. The van der Waals surface area contributed by atoms with Gasteiger partial charge in [-0.15, -0.1) is 11.3 Å². The lowest BCUT2D eigenvalue weighted by Crippen LogP contribution is -2.41. The maximum absolute atomic E-state index is 6.11. The Morgan fingerprint density at radius 2 is 1.81 bits per heavy atom. The summed E-state index contributed by atoms with van der Waals surface area (Å²) < 4.78 is 13.4. The number of hydrogen-bond donors (Lipinski definition) is 0. The van der Waals surface area contributed by atoms with Crippen molar-refractivity contribution in [2.75, 3.05) is 0 Å². The van der Waals surface area contributed by atoms with Gasteiger partial charge in [-0.05, 0) is 58.1 Å². The van der Waals surface area contributed by atoms with E-state index in [2.05, 4.69) is 52.8 Å². The number of thiazole rings is 1. The molecule has 5 heteroatoms. The summed E-state index contributed by atoms with van der Waals surface area (Å²) in [6.45, 7) is 10.5. The van der Waals surface area contributed by atoms with Gasteiger partial charge < -0.3 is 9.31 Å². The van der Waals surface area contributed by atoms with Crippen LogP contribution >= 0.6 is 11.3 Å². The van der Waals surface area contributed by atoms with Crippen LogP contribution in [0.1, 0.15) is 46.0 Å². The van der Waals surface area contributed by atoms with Crippen LogP contribution in [-0.4, -0.2) is 23.3 Å². The molecule has 1 saturated heterocycles. The molecule has 3 nitrogen and oxygen atoms in total. The molecular weight excluding hydrogens is 281 g/mol. The lowest BCUT2D eigenvalue weighted by molar-refractivity contribution is 0.00578. The smallest absolute Gasteiger partial charge is 0.399 e. The zero-order valence-corrected chi connectivity index (χ0v) is 14.2. The highest BCUT2D eigenvalue weighted by Crippen LogP contribution is 2.36. The minimum absolute atomic E-state index is 0.304. The Bertz CT molecular complexity index is 649. The fourth-order valence-corrected chi connectivity index (χ4v) is 3.49. The van der Waals surface area contributed by atoms with Gasteiger partial charge in [0, 0.05) is 0 Å². The third-order valence-corrected chi connectivity index (χ3v) is 5.54. The van der Waals surface area contributed by atoms with Gasteiger partial charge in [0.15, 0.2) is 0 Å². The lowest BCUT2D eigenvalue weighted by Gasteiger charge is -2.32. The molecule has 0 saturated carbocycles. The Morgan fingerprint density at radius 3 is 2.43 bits per heavy atom. The molecule has 1 aromatic carbocycles. The Morgan fingerprint density at radius 1 is 1.14 bits per heavy atom. The highest BCUT2D eigenvalue weighted by atomic mass is 32.1. The minimum Gasteiger partial charge on any atom is -0.399 e. The van der Waals surface area contributed by atoms with E-state index in [4.69, 9.17) is 14.3 Å². The molecule has 1 fully saturated rings. The second-order valence-corrected chi connectivity index (χ2v) is 7.79. The van der Waals surface area contributed by atoms with Gasteiger partial charge in [0.2, 0.25) is 0 Å². The summed E-state index contributed by atoms with van der Waals surface area (Å²) in [6, 6.07) is 6.33. The number of benzene rings is 1. The molecule has 3 rings (SSSR count). The van der Waals surface area contributed by atoms with E-state index in [1.54, 1.807) is 11.3 Å². The van der Waals surface area contributed by atoms with Crippen molar-refractivity contribution in [1.29, 1.82) is 0 Å². The van der Waals surface area contributed by atoms with Crippen molar-refractivity contribution in [1.82, 2.24) is 4.98 Å². The molecule has 0 N–H and O–H groups in total. The molecule has 1 aliphatic rings. The van der Waals surface area contributed by atoms with E-state index in [0.717, 1.165) is 23.8 Å². The molecule has 0 bridgehead atoms. The normalized spacial score (nSPS) is 20.3. The van der Waals surface area contributed by atoms with Crippen molar-refractivity contribution in [2.45, 2.75) is 58.7 Å². The minimum atomic E-state index is -0.310. The average molecular weight is 303 g/mol. The van der Waals surface area contributed by atoms with Gasteiger partial charge >= 0.3 is 7.12 Å². The van der Waals surface area contributed by atoms with Crippen LogP contribution in [0, 0.1) is 0 Å². The van der Waals surface area contributed by atoms with Crippen molar-refractivity contribution >= 4 is 34.1 Å². The van der Waals surface area contributed by atoms with E-state index < -0.39 is 0 Å². The van der Waals surface area contributed by atoms with E-state index in [1.807, 2.05) is 0 Å². The van der Waals surface area contributed by atoms with Crippen molar-refractivity contribution < 1.29 is 9.31 Å². The quantitative estimate of drug-likeness (QED) is 0.813. The molecule has 2 aromatic rings. The van der Waals surface area contributed by atoms with Gasteiger partial charge in [-0.25, -0.2) is 4.98 Å². The number of nitrogens with zero attached hydrogens (tertiary/aromatic N) is 1. The van der Waals surface area contributed by atoms with E-state index in [9.17, 15) is 0 Å². The first kappa shape index (κ1) is 15.0. The summed E-state index contributed by atoms with van der Waals surface area (Å²) in [5, 5.41) is 1.21. The number of rotatable bonds is 3. The van der Waals surface area contributed by atoms with Gasteiger partial charge in [0.1, 0.15) is 0 Å². The van der Waals surface area contributed by atoms with Crippen molar-refractivity contribution in [3.05, 3.63) is 23.2 Å². The first-order valence-electron chi connectivity index (χ1n) is 7.57. The second kappa shape index (κ2) is 5.08. The summed E-state index contributed by atoms with van der Waals surface area (Å²) in [6.07, 6.45) is 2.18. The van der Waals surface area contributed by atoms with Gasteiger partial charge in [0.25, 0.3) is 0 Å². The Hall–Kier alpha value is -0.905. The van der Waals surface area contributed by atoms with E-state index in [-0.39, 0.29) is 18.3 Å². The van der Waals surface area contributed by atoms with Crippen LogP contribution in [-0.2, 0) is 15.7 Å². The summed E-state index contributed by atoms with van der Waals surface area (Å²) in [5.74, 6) is 0. The van der Waals surface area contributed by atoms with Crippen LogP contribution in [0.2, 0.25) is 0 Å². The predicted molar refractivity (Wildman–Crippen MR) is 89.3 cm³/mol. The molecule has 2 heterocycles.